The summed E-state index contributed by atoms with van der Waals surface area (Å²) in [6, 6.07) is 8.68. The van der Waals surface area contributed by atoms with Crippen LogP contribution in [0, 0.1) is 0 Å². The van der Waals surface area contributed by atoms with Crippen molar-refractivity contribution in [1.82, 2.24) is 4.90 Å². The van der Waals surface area contributed by atoms with Gasteiger partial charge in [-0.25, -0.2) is 0 Å². The molecule has 0 atom stereocenters. The Morgan fingerprint density at radius 3 is 2.76 bits per heavy atom. The monoisotopic (exact) mass is 233 g/mol. The normalized spacial score (nSPS) is 18.1. The number of likely N-dealkylation sites (N-methyl/N-ethyl adjacent to an activating group) is 1. The van der Waals surface area contributed by atoms with Gasteiger partial charge < -0.3 is 15.5 Å². The molecule has 1 aliphatic heterocycles. The molecule has 1 aromatic rings. The van der Waals surface area contributed by atoms with Gasteiger partial charge in [0, 0.05) is 25.3 Å². The van der Waals surface area contributed by atoms with Crippen LogP contribution in [0.2, 0.25) is 0 Å². The van der Waals surface area contributed by atoms with E-state index in [9.17, 15) is 0 Å². The van der Waals surface area contributed by atoms with E-state index in [4.69, 9.17) is 5.73 Å². The van der Waals surface area contributed by atoms with Crippen LogP contribution in [0.15, 0.2) is 24.3 Å². The zero-order valence-corrected chi connectivity index (χ0v) is 10.7. The predicted molar refractivity (Wildman–Crippen MR) is 73.5 cm³/mol. The Hall–Kier alpha value is -1.06. The summed E-state index contributed by atoms with van der Waals surface area (Å²) < 4.78 is 0. The van der Waals surface area contributed by atoms with E-state index < -0.39 is 0 Å². The molecule has 0 radical (unpaired) electrons. The van der Waals surface area contributed by atoms with Crippen molar-refractivity contribution in [2.75, 3.05) is 44.7 Å². The molecule has 2 rings (SSSR count). The number of rotatable bonds is 3. The van der Waals surface area contributed by atoms with E-state index in [1.807, 2.05) is 0 Å². The SMILES string of the molecule is CN1CCCN(c2ccccc2CCN)CC1. The van der Waals surface area contributed by atoms with Gasteiger partial charge in [0.25, 0.3) is 0 Å². The van der Waals surface area contributed by atoms with Gasteiger partial charge in [-0.15, -0.1) is 0 Å². The molecule has 1 saturated heterocycles. The summed E-state index contributed by atoms with van der Waals surface area (Å²) in [5, 5.41) is 0. The van der Waals surface area contributed by atoms with Crippen LogP contribution in [0.5, 0.6) is 0 Å². The largest absolute Gasteiger partial charge is 0.370 e. The lowest BCUT2D eigenvalue weighted by Crippen LogP contribution is -2.29. The number of anilines is 1. The standard InChI is InChI=1S/C14H23N3/c1-16-9-4-10-17(12-11-16)14-6-3-2-5-13(14)7-8-15/h2-3,5-6H,4,7-12,15H2,1H3. The van der Waals surface area contributed by atoms with Crippen molar-refractivity contribution < 1.29 is 0 Å². The molecule has 0 unspecified atom stereocenters. The summed E-state index contributed by atoms with van der Waals surface area (Å²) in [5.41, 5.74) is 8.46. The summed E-state index contributed by atoms with van der Waals surface area (Å²) in [5.74, 6) is 0. The minimum absolute atomic E-state index is 0.727. The number of hydrogen-bond acceptors (Lipinski definition) is 3. The summed E-state index contributed by atoms with van der Waals surface area (Å²) in [4.78, 5) is 4.92. The third-order valence-electron chi connectivity index (χ3n) is 3.47. The molecule has 0 amide bonds. The van der Waals surface area contributed by atoms with Gasteiger partial charge in [0.2, 0.25) is 0 Å². The quantitative estimate of drug-likeness (QED) is 0.855. The first-order chi connectivity index (χ1) is 8.31. The number of benzene rings is 1. The Labute approximate surface area is 104 Å². The molecule has 0 aliphatic carbocycles. The van der Waals surface area contributed by atoms with Crippen LogP contribution >= 0.6 is 0 Å². The summed E-state index contributed by atoms with van der Waals surface area (Å²) in [6.45, 7) is 5.36. The molecular formula is C14H23N3. The van der Waals surface area contributed by atoms with Gasteiger partial charge in [-0.3, -0.25) is 0 Å². The number of nitrogens with two attached hydrogens (primary N) is 1. The number of para-hydroxylation sites is 1. The Morgan fingerprint density at radius 2 is 1.94 bits per heavy atom. The first-order valence-corrected chi connectivity index (χ1v) is 6.52. The van der Waals surface area contributed by atoms with E-state index in [1.54, 1.807) is 0 Å². The zero-order valence-electron chi connectivity index (χ0n) is 10.7. The minimum Gasteiger partial charge on any atom is -0.370 e. The van der Waals surface area contributed by atoms with Crippen LogP contribution in [0.1, 0.15) is 12.0 Å². The first kappa shape index (κ1) is 12.4. The van der Waals surface area contributed by atoms with Gasteiger partial charge in [0.1, 0.15) is 0 Å². The number of nitrogens with zero attached hydrogens (tertiary/aromatic N) is 2. The fourth-order valence-electron chi connectivity index (χ4n) is 2.47. The van der Waals surface area contributed by atoms with Crippen molar-refractivity contribution >= 4 is 5.69 Å². The summed E-state index contributed by atoms with van der Waals surface area (Å²) >= 11 is 0. The highest BCUT2D eigenvalue weighted by Gasteiger charge is 2.14. The van der Waals surface area contributed by atoms with Crippen molar-refractivity contribution in [3.8, 4) is 0 Å². The van der Waals surface area contributed by atoms with Crippen LogP contribution in [0.3, 0.4) is 0 Å². The second-order valence-corrected chi connectivity index (χ2v) is 4.81. The van der Waals surface area contributed by atoms with Crippen molar-refractivity contribution in [1.29, 1.82) is 0 Å². The summed E-state index contributed by atoms with van der Waals surface area (Å²) in [7, 11) is 2.20. The van der Waals surface area contributed by atoms with Gasteiger partial charge in [-0.05, 0) is 44.6 Å². The second kappa shape index (κ2) is 6.03. The Kier molecular flexibility index (Phi) is 4.40. The average molecular weight is 233 g/mol. The average Bonchev–Trinajstić information content (AvgIpc) is 2.55. The maximum atomic E-state index is 5.69. The zero-order chi connectivity index (χ0) is 12.1. The lowest BCUT2D eigenvalue weighted by molar-refractivity contribution is 0.360. The Balaban J connectivity index is 2.14. The third kappa shape index (κ3) is 3.20. The van der Waals surface area contributed by atoms with E-state index in [1.165, 1.54) is 24.2 Å². The van der Waals surface area contributed by atoms with E-state index in [-0.39, 0.29) is 0 Å². The van der Waals surface area contributed by atoms with Crippen LogP contribution in [-0.2, 0) is 6.42 Å². The molecular weight excluding hydrogens is 210 g/mol. The molecule has 1 heterocycles. The molecule has 0 bridgehead atoms. The summed E-state index contributed by atoms with van der Waals surface area (Å²) in [6.07, 6.45) is 2.22. The Morgan fingerprint density at radius 1 is 1.12 bits per heavy atom. The van der Waals surface area contributed by atoms with Gasteiger partial charge >= 0.3 is 0 Å². The molecule has 1 fully saturated rings. The smallest absolute Gasteiger partial charge is 0.0399 e. The third-order valence-corrected chi connectivity index (χ3v) is 3.47. The molecule has 3 heteroatoms. The van der Waals surface area contributed by atoms with Crippen LogP contribution in [0.25, 0.3) is 0 Å². The number of hydrogen-bond donors (Lipinski definition) is 1. The van der Waals surface area contributed by atoms with Crippen molar-refractivity contribution in [2.24, 2.45) is 5.73 Å². The van der Waals surface area contributed by atoms with Gasteiger partial charge in [-0.2, -0.15) is 0 Å². The van der Waals surface area contributed by atoms with E-state index >= 15 is 0 Å². The molecule has 0 spiro atoms. The lowest BCUT2D eigenvalue weighted by atomic mass is 10.1. The molecule has 3 nitrogen and oxygen atoms in total. The maximum absolute atomic E-state index is 5.69. The molecule has 0 aromatic heterocycles. The van der Waals surface area contributed by atoms with Crippen molar-refractivity contribution in [3.05, 3.63) is 29.8 Å². The van der Waals surface area contributed by atoms with E-state index in [2.05, 4.69) is 41.1 Å². The molecule has 0 saturated carbocycles. The topological polar surface area (TPSA) is 32.5 Å². The van der Waals surface area contributed by atoms with Crippen LogP contribution in [0.4, 0.5) is 5.69 Å². The molecule has 17 heavy (non-hydrogen) atoms. The molecule has 1 aromatic carbocycles. The molecule has 1 aliphatic rings. The highest BCUT2D eigenvalue weighted by atomic mass is 15.2. The Bertz CT molecular complexity index is 351. The second-order valence-electron chi connectivity index (χ2n) is 4.81. The fourth-order valence-corrected chi connectivity index (χ4v) is 2.47. The van der Waals surface area contributed by atoms with Crippen molar-refractivity contribution in [3.63, 3.8) is 0 Å². The van der Waals surface area contributed by atoms with Gasteiger partial charge in [0.15, 0.2) is 0 Å². The van der Waals surface area contributed by atoms with Crippen LogP contribution < -0.4 is 10.6 Å². The molecule has 2 N–H and O–H groups in total. The van der Waals surface area contributed by atoms with Crippen molar-refractivity contribution in [2.45, 2.75) is 12.8 Å². The first-order valence-electron chi connectivity index (χ1n) is 6.52. The van der Waals surface area contributed by atoms with E-state index in [0.29, 0.717) is 0 Å². The highest BCUT2D eigenvalue weighted by Crippen LogP contribution is 2.21. The van der Waals surface area contributed by atoms with Gasteiger partial charge in [0.05, 0.1) is 0 Å². The fraction of sp³-hybridized carbons (Fsp3) is 0.571. The van der Waals surface area contributed by atoms with E-state index in [0.717, 1.165) is 32.6 Å². The van der Waals surface area contributed by atoms with Crippen LogP contribution in [-0.4, -0.2) is 44.7 Å². The predicted octanol–water partition coefficient (Wildman–Crippen LogP) is 1.33. The van der Waals surface area contributed by atoms with Gasteiger partial charge in [-0.1, -0.05) is 18.2 Å². The highest BCUT2D eigenvalue weighted by molar-refractivity contribution is 5.54. The lowest BCUT2D eigenvalue weighted by Gasteiger charge is -2.25. The molecule has 94 valence electrons. The minimum atomic E-state index is 0.727. The maximum Gasteiger partial charge on any atom is 0.0399 e.